The molecule has 1 spiro atoms. The minimum absolute atomic E-state index is 0. The third-order valence-corrected chi connectivity index (χ3v) is 7.64. The molecule has 8 nitrogen and oxygen atoms in total. The van der Waals surface area contributed by atoms with Gasteiger partial charge in [-0.25, -0.2) is 0 Å². The van der Waals surface area contributed by atoms with Crippen LogP contribution in [-0.4, -0.2) is 68.6 Å². The third kappa shape index (κ3) is 4.26. The molecular weight excluding hydrogens is 481 g/mol. The lowest BCUT2D eigenvalue weighted by Crippen LogP contribution is -2.29. The molecule has 4 aromatic rings. The van der Waals surface area contributed by atoms with Crippen LogP contribution in [0.3, 0.4) is 0 Å². The summed E-state index contributed by atoms with van der Waals surface area (Å²) in [5.74, 6) is 0.170. The molecule has 0 bridgehead atoms. The molecule has 1 unspecified atom stereocenters. The predicted octanol–water partition coefficient (Wildman–Crippen LogP) is 4.22. The van der Waals surface area contributed by atoms with Crippen molar-refractivity contribution in [1.29, 1.82) is 0 Å². The molecule has 2 fully saturated rings. The van der Waals surface area contributed by atoms with E-state index in [4.69, 9.17) is 4.98 Å². The molecule has 2 saturated heterocycles. The van der Waals surface area contributed by atoms with E-state index < -0.39 is 0 Å². The van der Waals surface area contributed by atoms with E-state index in [0.717, 1.165) is 34.0 Å². The highest BCUT2D eigenvalue weighted by molar-refractivity contribution is 7.22. The Balaban J connectivity index is 0.00000130. The molecule has 174 valence electrons. The Labute approximate surface area is 207 Å². The Kier molecular flexibility index (Phi) is 6.50. The lowest BCUT2D eigenvalue weighted by atomic mass is 9.86. The van der Waals surface area contributed by atoms with E-state index in [2.05, 4.69) is 37.2 Å². The van der Waals surface area contributed by atoms with E-state index in [1.807, 2.05) is 18.2 Å². The number of thiazole rings is 1. The Morgan fingerprint density at radius 1 is 1.06 bits per heavy atom. The molecule has 33 heavy (non-hydrogen) atoms. The number of nitrogens with one attached hydrogen (secondary N) is 1. The van der Waals surface area contributed by atoms with Gasteiger partial charge in [-0.2, -0.15) is 10.1 Å². The van der Waals surface area contributed by atoms with Gasteiger partial charge in [-0.1, -0.05) is 17.4 Å². The summed E-state index contributed by atoms with van der Waals surface area (Å²) in [6.45, 7) is 4.47. The van der Waals surface area contributed by atoms with Gasteiger partial charge in [0.05, 0.1) is 16.6 Å². The second-order valence-corrected chi connectivity index (χ2v) is 9.80. The zero-order valence-corrected chi connectivity index (χ0v) is 20.5. The Hall–Kier alpha value is -2.46. The summed E-state index contributed by atoms with van der Waals surface area (Å²) in [6, 6.07) is 7.53. The van der Waals surface area contributed by atoms with Gasteiger partial charge >= 0.3 is 0 Å². The monoisotopic (exact) mass is 505 g/mol. The van der Waals surface area contributed by atoms with Gasteiger partial charge in [0.1, 0.15) is 5.75 Å². The van der Waals surface area contributed by atoms with Gasteiger partial charge in [0.2, 0.25) is 0 Å². The number of aromatic nitrogens is 5. The quantitative estimate of drug-likeness (QED) is 0.430. The lowest BCUT2D eigenvalue weighted by molar-refractivity contribution is 0.312. The SMILES string of the molecule is CN1CCC2(CCN(c3nc4nnc(-c5ccc(-c6cn[nH]c6)cc5O)cc4s3)C2)C1.Cl.Cl. The van der Waals surface area contributed by atoms with Crippen molar-refractivity contribution in [3.8, 4) is 28.1 Å². The number of hydrogen-bond acceptors (Lipinski definition) is 8. The summed E-state index contributed by atoms with van der Waals surface area (Å²) in [5, 5.41) is 27.1. The number of aromatic hydroxyl groups is 1. The summed E-state index contributed by atoms with van der Waals surface area (Å²) in [7, 11) is 2.21. The molecule has 0 amide bonds. The van der Waals surface area contributed by atoms with Crippen LogP contribution in [0.1, 0.15) is 12.8 Å². The molecule has 0 aliphatic carbocycles. The first-order chi connectivity index (χ1) is 15.1. The maximum Gasteiger partial charge on any atom is 0.194 e. The van der Waals surface area contributed by atoms with Crippen molar-refractivity contribution in [3.63, 3.8) is 0 Å². The van der Waals surface area contributed by atoms with E-state index in [9.17, 15) is 5.11 Å². The molecule has 0 radical (unpaired) electrons. The van der Waals surface area contributed by atoms with Crippen molar-refractivity contribution >= 4 is 51.6 Å². The third-order valence-electron chi connectivity index (χ3n) is 6.59. The molecule has 1 atom stereocenters. The van der Waals surface area contributed by atoms with Gasteiger partial charge in [0.25, 0.3) is 0 Å². The molecule has 2 N–H and O–H groups in total. The first-order valence-electron chi connectivity index (χ1n) is 10.5. The van der Waals surface area contributed by atoms with Crippen LogP contribution in [0, 0.1) is 5.41 Å². The highest BCUT2D eigenvalue weighted by Crippen LogP contribution is 2.42. The largest absolute Gasteiger partial charge is 0.507 e. The number of nitrogens with zero attached hydrogens (tertiary/aromatic N) is 6. The maximum absolute atomic E-state index is 10.6. The maximum atomic E-state index is 10.6. The van der Waals surface area contributed by atoms with Crippen LogP contribution in [0.5, 0.6) is 5.75 Å². The lowest BCUT2D eigenvalue weighted by Gasteiger charge is -2.23. The Morgan fingerprint density at radius 3 is 2.64 bits per heavy atom. The van der Waals surface area contributed by atoms with Crippen LogP contribution in [0.4, 0.5) is 5.13 Å². The minimum atomic E-state index is 0. The number of anilines is 1. The second-order valence-electron chi connectivity index (χ2n) is 8.79. The molecule has 11 heteroatoms. The van der Waals surface area contributed by atoms with Gasteiger partial charge < -0.3 is 14.9 Å². The molecule has 0 saturated carbocycles. The van der Waals surface area contributed by atoms with Gasteiger partial charge in [-0.3, -0.25) is 5.10 Å². The van der Waals surface area contributed by atoms with Crippen molar-refractivity contribution in [2.75, 3.05) is 38.1 Å². The number of aromatic amines is 1. The van der Waals surface area contributed by atoms with Gasteiger partial charge in [-0.05, 0) is 50.2 Å². The van der Waals surface area contributed by atoms with E-state index in [-0.39, 0.29) is 30.6 Å². The van der Waals surface area contributed by atoms with Crippen LogP contribution in [0.2, 0.25) is 0 Å². The second kappa shape index (κ2) is 9.06. The van der Waals surface area contributed by atoms with Crippen molar-refractivity contribution in [2.24, 2.45) is 5.41 Å². The molecular formula is C22H25Cl2N7OS. The number of halogens is 2. The number of H-pyrrole nitrogens is 1. The fourth-order valence-corrected chi connectivity index (χ4v) is 5.89. The normalized spacial score (nSPS) is 20.3. The number of fused-ring (bicyclic) bond motifs is 1. The number of benzene rings is 1. The standard InChI is InChI=1S/C22H23N7OS.2ClH/c1-28-6-4-22(12-28)5-7-29(13-22)21-25-20-19(31-21)9-17(26-27-20)16-3-2-14(8-18(16)30)15-10-23-24-11-15;;/h2-3,8-11,30H,4-7,12-13H2,1H3,(H,23,24);2*1H. The summed E-state index contributed by atoms with van der Waals surface area (Å²) in [5.41, 5.74) is 4.20. The number of phenolic OH excluding ortho intramolecular Hbond substituents is 1. The van der Waals surface area contributed by atoms with Gasteiger partial charge in [0.15, 0.2) is 10.8 Å². The fourth-order valence-electron chi connectivity index (χ4n) is 4.93. The zero-order chi connectivity index (χ0) is 21.0. The molecule has 2 aliphatic rings. The summed E-state index contributed by atoms with van der Waals surface area (Å²) >= 11 is 1.66. The Bertz CT molecular complexity index is 1270. The summed E-state index contributed by atoms with van der Waals surface area (Å²) in [4.78, 5) is 9.60. The summed E-state index contributed by atoms with van der Waals surface area (Å²) in [6.07, 6.45) is 6.01. The number of likely N-dealkylation sites (tertiary alicyclic amines) is 1. The van der Waals surface area contributed by atoms with E-state index in [1.165, 1.54) is 25.9 Å². The van der Waals surface area contributed by atoms with Gasteiger partial charge in [-0.15, -0.1) is 35.0 Å². The van der Waals surface area contributed by atoms with E-state index in [1.54, 1.807) is 29.8 Å². The van der Waals surface area contributed by atoms with Gasteiger partial charge in [0, 0.05) is 42.4 Å². The molecule has 6 rings (SSSR count). The van der Waals surface area contributed by atoms with E-state index >= 15 is 0 Å². The topological polar surface area (TPSA) is 94.1 Å². The number of hydrogen-bond donors (Lipinski definition) is 2. The first-order valence-corrected chi connectivity index (χ1v) is 11.3. The number of rotatable bonds is 3. The minimum Gasteiger partial charge on any atom is -0.507 e. The molecule has 3 aromatic heterocycles. The van der Waals surface area contributed by atoms with E-state index in [0.29, 0.717) is 22.3 Å². The predicted molar refractivity (Wildman–Crippen MR) is 136 cm³/mol. The van der Waals surface area contributed by atoms with Crippen molar-refractivity contribution in [2.45, 2.75) is 12.8 Å². The molecule has 1 aromatic carbocycles. The smallest absolute Gasteiger partial charge is 0.194 e. The average molecular weight is 506 g/mol. The highest BCUT2D eigenvalue weighted by atomic mass is 35.5. The van der Waals surface area contributed by atoms with Crippen molar-refractivity contribution in [1.82, 2.24) is 30.3 Å². The molecule has 5 heterocycles. The molecule has 2 aliphatic heterocycles. The highest BCUT2D eigenvalue weighted by Gasteiger charge is 2.43. The van der Waals surface area contributed by atoms with Crippen LogP contribution in [0.15, 0.2) is 36.7 Å². The van der Waals surface area contributed by atoms with Crippen molar-refractivity contribution in [3.05, 3.63) is 36.7 Å². The Morgan fingerprint density at radius 2 is 1.91 bits per heavy atom. The average Bonchev–Trinajstić information content (AvgIpc) is 3.55. The van der Waals surface area contributed by atoms with Crippen LogP contribution in [-0.2, 0) is 0 Å². The van der Waals surface area contributed by atoms with Crippen LogP contribution < -0.4 is 4.90 Å². The first kappa shape index (κ1) is 23.7. The van der Waals surface area contributed by atoms with Crippen LogP contribution in [0.25, 0.3) is 32.7 Å². The number of phenols is 1. The fraction of sp³-hybridized carbons (Fsp3) is 0.364. The zero-order valence-electron chi connectivity index (χ0n) is 18.1. The summed E-state index contributed by atoms with van der Waals surface area (Å²) < 4.78 is 0.989. The van der Waals surface area contributed by atoms with Crippen molar-refractivity contribution < 1.29 is 5.11 Å². The van der Waals surface area contributed by atoms with Crippen LogP contribution >= 0.6 is 36.2 Å².